The number of rotatable bonds is 2. The number of nitrogens with two attached hydrogens (primary N) is 1. The summed E-state index contributed by atoms with van der Waals surface area (Å²) >= 11 is 5.11. The van der Waals surface area contributed by atoms with Crippen molar-refractivity contribution in [2.75, 3.05) is 0 Å². The molecular formula is C12H13BrN2S. The molecule has 2 N–H and O–H groups in total. The molecule has 0 aliphatic heterocycles. The van der Waals surface area contributed by atoms with Gasteiger partial charge in [-0.05, 0) is 31.5 Å². The molecule has 1 atom stereocenters. The topological polar surface area (TPSA) is 38.9 Å². The Labute approximate surface area is 108 Å². The van der Waals surface area contributed by atoms with Gasteiger partial charge in [0.1, 0.15) is 5.01 Å². The third-order valence-corrected chi connectivity index (χ3v) is 4.30. The van der Waals surface area contributed by atoms with Gasteiger partial charge in [0.05, 0.1) is 11.7 Å². The fourth-order valence-corrected chi connectivity index (χ4v) is 2.47. The highest BCUT2D eigenvalue weighted by molar-refractivity contribution is 9.10. The third kappa shape index (κ3) is 2.34. The number of aryl methyl sites for hydroxylation is 1. The van der Waals surface area contributed by atoms with Crippen molar-refractivity contribution in [3.63, 3.8) is 0 Å². The maximum atomic E-state index is 5.80. The van der Waals surface area contributed by atoms with Gasteiger partial charge in [-0.15, -0.1) is 11.3 Å². The van der Waals surface area contributed by atoms with E-state index in [1.165, 1.54) is 5.56 Å². The van der Waals surface area contributed by atoms with E-state index in [4.69, 9.17) is 5.73 Å². The summed E-state index contributed by atoms with van der Waals surface area (Å²) in [6, 6.07) is 6.26. The van der Waals surface area contributed by atoms with Crippen LogP contribution < -0.4 is 5.73 Å². The zero-order valence-electron chi connectivity index (χ0n) is 9.20. The van der Waals surface area contributed by atoms with Gasteiger partial charge in [-0.2, -0.15) is 0 Å². The molecule has 16 heavy (non-hydrogen) atoms. The van der Waals surface area contributed by atoms with Crippen molar-refractivity contribution in [2.45, 2.75) is 19.9 Å². The molecule has 2 nitrogen and oxygen atoms in total. The molecule has 2 rings (SSSR count). The van der Waals surface area contributed by atoms with E-state index in [0.717, 1.165) is 20.7 Å². The SMILES string of the molecule is Cc1cc(-c2csc(C(C)N)n2)ccc1Br. The molecule has 2 aromatic rings. The Kier molecular flexibility index (Phi) is 3.42. The van der Waals surface area contributed by atoms with Crippen LogP contribution in [0.15, 0.2) is 28.1 Å². The van der Waals surface area contributed by atoms with Gasteiger partial charge in [-0.25, -0.2) is 4.98 Å². The van der Waals surface area contributed by atoms with Gasteiger partial charge in [0.25, 0.3) is 0 Å². The first kappa shape index (κ1) is 11.8. The lowest BCUT2D eigenvalue weighted by molar-refractivity contribution is 0.808. The first-order valence-electron chi connectivity index (χ1n) is 5.05. The minimum absolute atomic E-state index is 0.00953. The van der Waals surface area contributed by atoms with E-state index in [1.54, 1.807) is 11.3 Å². The van der Waals surface area contributed by atoms with Crippen LogP contribution in [0.1, 0.15) is 23.5 Å². The van der Waals surface area contributed by atoms with Crippen molar-refractivity contribution in [3.8, 4) is 11.3 Å². The second-order valence-corrected chi connectivity index (χ2v) is 5.57. The van der Waals surface area contributed by atoms with Crippen molar-refractivity contribution in [3.05, 3.63) is 38.6 Å². The van der Waals surface area contributed by atoms with Crippen LogP contribution in [0.2, 0.25) is 0 Å². The molecule has 1 unspecified atom stereocenters. The van der Waals surface area contributed by atoms with Gasteiger partial charge in [0.15, 0.2) is 0 Å². The maximum Gasteiger partial charge on any atom is 0.110 e. The highest BCUT2D eigenvalue weighted by Crippen LogP contribution is 2.27. The Morgan fingerprint density at radius 2 is 2.19 bits per heavy atom. The van der Waals surface area contributed by atoms with Gasteiger partial charge in [0, 0.05) is 15.4 Å². The molecule has 0 fully saturated rings. The summed E-state index contributed by atoms with van der Waals surface area (Å²) in [6.07, 6.45) is 0. The molecular weight excluding hydrogens is 284 g/mol. The molecule has 0 aliphatic carbocycles. The van der Waals surface area contributed by atoms with Crippen LogP contribution in [0.4, 0.5) is 0 Å². The number of hydrogen-bond acceptors (Lipinski definition) is 3. The Bertz CT molecular complexity index is 505. The first-order chi connectivity index (χ1) is 7.58. The smallest absolute Gasteiger partial charge is 0.110 e. The lowest BCUT2D eigenvalue weighted by Crippen LogP contribution is -2.03. The van der Waals surface area contributed by atoms with Crippen molar-refractivity contribution in [2.24, 2.45) is 5.73 Å². The van der Waals surface area contributed by atoms with E-state index >= 15 is 0 Å². The highest BCUT2D eigenvalue weighted by Gasteiger charge is 2.08. The molecule has 0 radical (unpaired) electrons. The van der Waals surface area contributed by atoms with Crippen molar-refractivity contribution >= 4 is 27.3 Å². The minimum atomic E-state index is 0.00953. The highest BCUT2D eigenvalue weighted by atomic mass is 79.9. The second-order valence-electron chi connectivity index (χ2n) is 3.82. The van der Waals surface area contributed by atoms with E-state index in [2.05, 4.69) is 51.4 Å². The second kappa shape index (κ2) is 4.65. The Balaban J connectivity index is 2.39. The van der Waals surface area contributed by atoms with Crippen LogP contribution >= 0.6 is 27.3 Å². The van der Waals surface area contributed by atoms with Crippen LogP contribution in [0.3, 0.4) is 0 Å². The molecule has 0 amide bonds. The zero-order chi connectivity index (χ0) is 11.7. The van der Waals surface area contributed by atoms with Crippen molar-refractivity contribution in [1.29, 1.82) is 0 Å². The van der Waals surface area contributed by atoms with Crippen LogP contribution in [-0.2, 0) is 0 Å². The van der Waals surface area contributed by atoms with E-state index in [0.29, 0.717) is 0 Å². The molecule has 4 heteroatoms. The van der Waals surface area contributed by atoms with Crippen molar-refractivity contribution < 1.29 is 0 Å². The van der Waals surface area contributed by atoms with Crippen LogP contribution in [0, 0.1) is 6.92 Å². The summed E-state index contributed by atoms with van der Waals surface area (Å²) in [5.41, 5.74) is 9.16. The molecule has 0 bridgehead atoms. The van der Waals surface area contributed by atoms with Gasteiger partial charge in [0.2, 0.25) is 0 Å². The summed E-state index contributed by atoms with van der Waals surface area (Å²) < 4.78 is 1.12. The van der Waals surface area contributed by atoms with Gasteiger partial charge in [-0.1, -0.05) is 22.0 Å². The predicted molar refractivity (Wildman–Crippen MR) is 72.6 cm³/mol. The molecule has 0 saturated carbocycles. The fourth-order valence-electron chi connectivity index (χ4n) is 1.43. The van der Waals surface area contributed by atoms with Gasteiger partial charge >= 0.3 is 0 Å². The van der Waals surface area contributed by atoms with Gasteiger partial charge in [-0.3, -0.25) is 0 Å². The van der Waals surface area contributed by atoms with Gasteiger partial charge < -0.3 is 5.73 Å². The van der Waals surface area contributed by atoms with E-state index < -0.39 is 0 Å². The fraction of sp³-hybridized carbons (Fsp3) is 0.250. The van der Waals surface area contributed by atoms with E-state index in [-0.39, 0.29) is 6.04 Å². The zero-order valence-corrected chi connectivity index (χ0v) is 11.6. The lowest BCUT2D eigenvalue weighted by Gasteiger charge is -2.01. The monoisotopic (exact) mass is 296 g/mol. The van der Waals surface area contributed by atoms with Crippen molar-refractivity contribution in [1.82, 2.24) is 4.98 Å². The van der Waals surface area contributed by atoms with E-state index in [9.17, 15) is 0 Å². The van der Waals surface area contributed by atoms with Crippen LogP contribution in [0.25, 0.3) is 11.3 Å². The Morgan fingerprint density at radius 1 is 1.44 bits per heavy atom. The summed E-state index contributed by atoms with van der Waals surface area (Å²) in [7, 11) is 0. The minimum Gasteiger partial charge on any atom is -0.322 e. The first-order valence-corrected chi connectivity index (χ1v) is 6.72. The number of aromatic nitrogens is 1. The number of halogens is 1. The average molecular weight is 297 g/mol. The molecule has 1 aromatic heterocycles. The largest absolute Gasteiger partial charge is 0.322 e. The number of thiazole rings is 1. The van der Waals surface area contributed by atoms with Crippen LogP contribution in [-0.4, -0.2) is 4.98 Å². The quantitative estimate of drug-likeness (QED) is 0.913. The standard InChI is InChI=1S/C12H13BrN2S/c1-7-5-9(3-4-10(7)13)11-6-16-12(15-11)8(2)14/h3-6,8H,14H2,1-2H3. The molecule has 84 valence electrons. The Morgan fingerprint density at radius 3 is 2.75 bits per heavy atom. The molecule has 0 saturated heterocycles. The summed E-state index contributed by atoms with van der Waals surface area (Å²) in [6.45, 7) is 4.03. The maximum absolute atomic E-state index is 5.80. The normalized spacial score (nSPS) is 12.8. The average Bonchev–Trinajstić information content (AvgIpc) is 2.71. The summed E-state index contributed by atoms with van der Waals surface area (Å²) in [5.74, 6) is 0. The third-order valence-electron chi connectivity index (χ3n) is 2.37. The number of benzene rings is 1. The van der Waals surface area contributed by atoms with Crippen LogP contribution in [0.5, 0.6) is 0 Å². The number of hydrogen-bond donors (Lipinski definition) is 1. The summed E-state index contributed by atoms with van der Waals surface area (Å²) in [5, 5.41) is 3.04. The number of nitrogens with zero attached hydrogens (tertiary/aromatic N) is 1. The Hall–Kier alpha value is -0.710. The molecule has 0 spiro atoms. The molecule has 1 heterocycles. The summed E-state index contributed by atoms with van der Waals surface area (Å²) in [4.78, 5) is 4.53. The molecule has 1 aromatic carbocycles. The lowest BCUT2D eigenvalue weighted by atomic mass is 10.1. The van der Waals surface area contributed by atoms with E-state index in [1.807, 2.05) is 6.92 Å². The molecule has 0 aliphatic rings. The predicted octanol–water partition coefficient (Wildman–Crippen LogP) is 3.90.